The first-order valence-electron chi connectivity index (χ1n) is 10.6. The van der Waals surface area contributed by atoms with Crippen molar-refractivity contribution in [2.24, 2.45) is 16.8 Å². The molecule has 0 aromatic carbocycles. The van der Waals surface area contributed by atoms with E-state index in [1.807, 2.05) is 0 Å². The Bertz CT molecular complexity index is 420. The van der Waals surface area contributed by atoms with Gasteiger partial charge in [0, 0.05) is 52.9 Å². The molecule has 2 fully saturated rings. The molecule has 0 aromatic rings. The number of nitrogens with zero attached hydrogens (tertiary/aromatic N) is 3. The number of ether oxygens (including phenoxy) is 3. The summed E-state index contributed by atoms with van der Waals surface area (Å²) in [5.74, 6) is 2.38. The SMILES string of the molecule is CCNC(=NCC1CCN(CCOC)CC1)N1CCC(COCCOC)C1.I. The van der Waals surface area contributed by atoms with Crippen LogP contribution in [0.25, 0.3) is 0 Å². The van der Waals surface area contributed by atoms with E-state index in [4.69, 9.17) is 19.2 Å². The van der Waals surface area contributed by atoms with E-state index in [-0.39, 0.29) is 24.0 Å². The predicted molar refractivity (Wildman–Crippen MR) is 125 cm³/mol. The van der Waals surface area contributed by atoms with Gasteiger partial charge in [0.25, 0.3) is 0 Å². The molecule has 1 atom stereocenters. The zero-order chi connectivity index (χ0) is 19.3. The molecule has 0 aromatic heterocycles. The molecule has 2 aliphatic heterocycles. The van der Waals surface area contributed by atoms with Crippen molar-refractivity contribution in [3.05, 3.63) is 0 Å². The molecule has 0 radical (unpaired) electrons. The van der Waals surface area contributed by atoms with Crippen molar-refractivity contribution in [2.75, 3.05) is 86.5 Å². The second-order valence-corrected chi connectivity index (χ2v) is 7.64. The fourth-order valence-corrected chi connectivity index (χ4v) is 3.81. The first-order chi connectivity index (χ1) is 13.3. The fraction of sp³-hybridized carbons (Fsp3) is 0.950. The van der Waals surface area contributed by atoms with Crippen molar-refractivity contribution in [3.63, 3.8) is 0 Å². The molecule has 7 nitrogen and oxygen atoms in total. The third kappa shape index (κ3) is 9.56. The number of piperidine rings is 1. The van der Waals surface area contributed by atoms with Crippen LogP contribution in [-0.2, 0) is 14.2 Å². The van der Waals surface area contributed by atoms with Crippen LogP contribution in [0.3, 0.4) is 0 Å². The van der Waals surface area contributed by atoms with Crippen molar-refractivity contribution in [1.29, 1.82) is 0 Å². The number of guanidine groups is 1. The second kappa shape index (κ2) is 15.6. The minimum Gasteiger partial charge on any atom is -0.383 e. The smallest absolute Gasteiger partial charge is 0.193 e. The van der Waals surface area contributed by atoms with Gasteiger partial charge in [0.1, 0.15) is 0 Å². The van der Waals surface area contributed by atoms with Crippen molar-refractivity contribution in [2.45, 2.75) is 26.2 Å². The van der Waals surface area contributed by atoms with Gasteiger partial charge < -0.3 is 29.3 Å². The first-order valence-corrected chi connectivity index (χ1v) is 10.6. The lowest BCUT2D eigenvalue weighted by Crippen LogP contribution is -2.41. The number of likely N-dealkylation sites (tertiary alicyclic amines) is 2. The van der Waals surface area contributed by atoms with Crippen LogP contribution < -0.4 is 5.32 Å². The number of halogens is 1. The van der Waals surface area contributed by atoms with Crippen LogP contribution in [0, 0.1) is 11.8 Å². The Balaban J connectivity index is 0.00000392. The Morgan fingerprint density at radius 3 is 2.39 bits per heavy atom. The molecule has 2 rings (SSSR count). The zero-order valence-corrected chi connectivity index (χ0v) is 20.4. The van der Waals surface area contributed by atoms with E-state index >= 15 is 0 Å². The van der Waals surface area contributed by atoms with E-state index in [0.29, 0.717) is 25.0 Å². The lowest BCUT2D eigenvalue weighted by atomic mass is 9.97. The van der Waals surface area contributed by atoms with E-state index in [0.717, 1.165) is 51.9 Å². The average molecular weight is 512 g/mol. The number of rotatable bonds is 11. The maximum atomic E-state index is 5.71. The average Bonchev–Trinajstić information content (AvgIpc) is 3.16. The highest BCUT2D eigenvalue weighted by Gasteiger charge is 2.25. The van der Waals surface area contributed by atoms with Crippen LogP contribution >= 0.6 is 24.0 Å². The van der Waals surface area contributed by atoms with Gasteiger partial charge in [-0.1, -0.05) is 0 Å². The molecule has 0 spiro atoms. The van der Waals surface area contributed by atoms with E-state index < -0.39 is 0 Å². The Labute approximate surface area is 188 Å². The van der Waals surface area contributed by atoms with Gasteiger partial charge in [-0.15, -0.1) is 24.0 Å². The molecule has 2 heterocycles. The lowest BCUT2D eigenvalue weighted by molar-refractivity contribution is 0.0536. The Hall–Kier alpha value is -0.160. The molecule has 0 bridgehead atoms. The molecule has 0 saturated carbocycles. The van der Waals surface area contributed by atoms with Crippen LogP contribution in [0.1, 0.15) is 26.2 Å². The minimum atomic E-state index is 0. The van der Waals surface area contributed by atoms with Crippen LogP contribution in [-0.4, -0.2) is 102 Å². The minimum absolute atomic E-state index is 0. The van der Waals surface area contributed by atoms with E-state index in [2.05, 4.69) is 22.0 Å². The van der Waals surface area contributed by atoms with Gasteiger partial charge in [-0.2, -0.15) is 0 Å². The summed E-state index contributed by atoms with van der Waals surface area (Å²) in [6, 6.07) is 0. The highest BCUT2D eigenvalue weighted by Crippen LogP contribution is 2.19. The van der Waals surface area contributed by atoms with Crippen molar-refractivity contribution in [3.8, 4) is 0 Å². The number of aliphatic imine (C=N–C) groups is 1. The predicted octanol–water partition coefficient (Wildman–Crippen LogP) is 1.91. The summed E-state index contributed by atoms with van der Waals surface area (Å²) >= 11 is 0. The van der Waals surface area contributed by atoms with Gasteiger partial charge in [0.05, 0.1) is 26.4 Å². The molecule has 0 amide bonds. The van der Waals surface area contributed by atoms with Crippen LogP contribution in [0.5, 0.6) is 0 Å². The fourth-order valence-electron chi connectivity index (χ4n) is 3.81. The highest BCUT2D eigenvalue weighted by molar-refractivity contribution is 14.0. The Morgan fingerprint density at radius 2 is 1.71 bits per heavy atom. The monoisotopic (exact) mass is 512 g/mol. The van der Waals surface area contributed by atoms with E-state index in [1.165, 1.54) is 32.4 Å². The van der Waals surface area contributed by atoms with Gasteiger partial charge >= 0.3 is 0 Å². The molecule has 2 aliphatic rings. The van der Waals surface area contributed by atoms with Gasteiger partial charge in [0.15, 0.2) is 5.96 Å². The lowest BCUT2D eigenvalue weighted by Gasteiger charge is -2.31. The zero-order valence-electron chi connectivity index (χ0n) is 18.0. The third-order valence-electron chi connectivity index (χ3n) is 5.52. The van der Waals surface area contributed by atoms with Gasteiger partial charge in [-0.3, -0.25) is 4.99 Å². The summed E-state index contributed by atoms with van der Waals surface area (Å²) in [6.07, 6.45) is 3.65. The Morgan fingerprint density at radius 1 is 1.00 bits per heavy atom. The molecule has 2 saturated heterocycles. The number of hydrogen-bond acceptors (Lipinski definition) is 5. The molecule has 166 valence electrons. The van der Waals surface area contributed by atoms with Gasteiger partial charge in [-0.25, -0.2) is 0 Å². The standard InChI is InChI=1S/C20H40N4O3.HI/c1-4-21-20(24-10-7-19(16-24)17-27-14-13-26-3)22-15-18-5-8-23(9-6-18)11-12-25-2;/h18-19H,4-17H2,1-3H3,(H,21,22);1H. The molecule has 8 heteroatoms. The van der Waals surface area contributed by atoms with Crippen LogP contribution in [0.15, 0.2) is 4.99 Å². The Kier molecular flexibility index (Phi) is 14.5. The summed E-state index contributed by atoms with van der Waals surface area (Å²) in [5.41, 5.74) is 0. The van der Waals surface area contributed by atoms with E-state index in [9.17, 15) is 0 Å². The van der Waals surface area contributed by atoms with Crippen molar-refractivity contribution < 1.29 is 14.2 Å². The molecule has 0 aliphatic carbocycles. The number of nitrogens with one attached hydrogen (secondary N) is 1. The number of hydrogen-bond donors (Lipinski definition) is 1. The summed E-state index contributed by atoms with van der Waals surface area (Å²) in [4.78, 5) is 9.89. The van der Waals surface area contributed by atoms with Gasteiger partial charge in [-0.05, 0) is 45.2 Å². The molecule has 1 N–H and O–H groups in total. The quantitative estimate of drug-likeness (QED) is 0.198. The third-order valence-corrected chi connectivity index (χ3v) is 5.52. The highest BCUT2D eigenvalue weighted by atomic mass is 127. The van der Waals surface area contributed by atoms with E-state index in [1.54, 1.807) is 14.2 Å². The van der Waals surface area contributed by atoms with Gasteiger partial charge in [0.2, 0.25) is 0 Å². The summed E-state index contributed by atoms with van der Waals surface area (Å²) in [7, 11) is 3.49. The largest absolute Gasteiger partial charge is 0.383 e. The second-order valence-electron chi connectivity index (χ2n) is 7.64. The summed E-state index contributed by atoms with van der Waals surface area (Å²) in [5, 5.41) is 3.49. The molecule has 1 unspecified atom stereocenters. The van der Waals surface area contributed by atoms with Crippen LogP contribution in [0.4, 0.5) is 0 Å². The maximum absolute atomic E-state index is 5.71. The molecular weight excluding hydrogens is 471 g/mol. The maximum Gasteiger partial charge on any atom is 0.193 e. The summed E-state index contributed by atoms with van der Waals surface area (Å²) in [6.45, 7) is 12.5. The first kappa shape index (κ1) is 25.9. The topological polar surface area (TPSA) is 58.6 Å². The normalized spacial score (nSPS) is 21.8. The van der Waals surface area contributed by atoms with Crippen molar-refractivity contribution >= 4 is 29.9 Å². The van der Waals surface area contributed by atoms with Crippen LogP contribution in [0.2, 0.25) is 0 Å². The molecular formula is C20H41IN4O3. The summed E-state index contributed by atoms with van der Waals surface area (Å²) < 4.78 is 15.9. The number of methoxy groups -OCH3 is 2. The molecule has 28 heavy (non-hydrogen) atoms. The van der Waals surface area contributed by atoms with Crippen molar-refractivity contribution in [1.82, 2.24) is 15.1 Å².